The van der Waals surface area contributed by atoms with Crippen LogP contribution in [0.5, 0.6) is 5.88 Å². The SMILES string of the molecule is Cc1ccc(Nc2nc(CSc3nc(N)c(C#N)c(-c4ccc(OCCO)nc4)c3C#N)cs2)cc1F. The number of pyridine rings is 2. The Morgan fingerprint density at radius 3 is 2.68 bits per heavy atom. The number of aliphatic hydroxyl groups is 1. The summed E-state index contributed by atoms with van der Waals surface area (Å²) >= 11 is 2.63. The molecule has 3 heterocycles. The molecule has 0 spiro atoms. The number of aliphatic hydroxyl groups excluding tert-OH is 1. The Bertz CT molecular complexity index is 1510. The van der Waals surface area contributed by atoms with Crippen LogP contribution in [0.3, 0.4) is 0 Å². The Hall–Kier alpha value is -4.23. The van der Waals surface area contributed by atoms with Gasteiger partial charge in [0.15, 0.2) is 5.13 Å². The number of rotatable bonds is 9. The molecule has 0 aliphatic rings. The number of aryl methyl sites for hydroxylation is 1. The molecular formula is C25H20FN7O2S2. The van der Waals surface area contributed by atoms with Gasteiger partial charge in [0.1, 0.15) is 41.0 Å². The fourth-order valence-corrected chi connectivity index (χ4v) is 5.05. The van der Waals surface area contributed by atoms with E-state index in [1.807, 2.05) is 11.4 Å². The van der Waals surface area contributed by atoms with E-state index in [0.29, 0.717) is 44.2 Å². The number of nitrogens with one attached hydrogen (secondary N) is 1. The summed E-state index contributed by atoms with van der Waals surface area (Å²) in [5, 5.41) is 34.5. The summed E-state index contributed by atoms with van der Waals surface area (Å²) in [6, 6.07) is 12.3. The third kappa shape index (κ3) is 5.95. The Kier molecular flexibility index (Phi) is 8.15. The van der Waals surface area contributed by atoms with E-state index in [0.717, 1.165) is 5.69 Å². The number of anilines is 3. The maximum absolute atomic E-state index is 13.8. The van der Waals surface area contributed by atoms with Crippen LogP contribution in [0.4, 0.5) is 21.0 Å². The van der Waals surface area contributed by atoms with E-state index in [4.69, 9.17) is 15.6 Å². The summed E-state index contributed by atoms with van der Waals surface area (Å²) in [4.78, 5) is 13.0. The van der Waals surface area contributed by atoms with Crippen LogP contribution >= 0.6 is 23.1 Å². The van der Waals surface area contributed by atoms with Gasteiger partial charge in [0, 0.05) is 40.2 Å². The van der Waals surface area contributed by atoms with Gasteiger partial charge in [0.25, 0.3) is 0 Å². The third-order valence-corrected chi connectivity index (χ3v) is 6.93. The van der Waals surface area contributed by atoms with Gasteiger partial charge >= 0.3 is 0 Å². The topological polar surface area (TPSA) is 154 Å². The van der Waals surface area contributed by atoms with Crippen LogP contribution in [0.1, 0.15) is 22.4 Å². The van der Waals surface area contributed by atoms with E-state index in [1.165, 1.54) is 35.4 Å². The molecule has 4 rings (SSSR count). The van der Waals surface area contributed by atoms with Gasteiger partial charge in [-0.25, -0.2) is 19.3 Å². The first kappa shape index (κ1) is 25.9. The van der Waals surface area contributed by atoms with E-state index < -0.39 is 0 Å². The summed E-state index contributed by atoms with van der Waals surface area (Å²) in [5.41, 5.74) is 9.09. The zero-order chi connectivity index (χ0) is 26.4. The monoisotopic (exact) mass is 533 g/mol. The van der Waals surface area contributed by atoms with Gasteiger partial charge in [0.2, 0.25) is 5.88 Å². The molecule has 186 valence electrons. The molecule has 0 aliphatic heterocycles. The average molecular weight is 534 g/mol. The van der Waals surface area contributed by atoms with E-state index in [2.05, 4.69) is 26.3 Å². The summed E-state index contributed by atoms with van der Waals surface area (Å²) in [7, 11) is 0. The first-order valence-electron chi connectivity index (χ1n) is 10.9. The molecule has 0 atom stereocenters. The van der Waals surface area contributed by atoms with Crippen molar-refractivity contribution in [3.63, 3.8) is 0 Å². The molecule has 0 amide bonds. The highest BCUT2D eigenvalue weighted by atomic mass is 32.2. The molecule has 0 saturated heterocycles. The lowest BCUT2D eigenvalue weighted by molar-refractivity contribution is 0.196. The van der Waals surface area contributed by atoms with Gasteiger partial charge in [-0.3, -0.25) is 0 Å². The third-order valence-electron chi connectivity index (χ3n) is 5.11. The lowest BCUT2D eigenvalue weighted by Gasteiger charge is -2.13. The zero-order valence-electron chi connectivity index (χ0n) is 19.5. The minimum atomic E-state index is -0.302. The van der Waals surface area contributed by atoms with Crippen molar-refractivity contribution in [1.82, 2.24) is 15.0 Å². The molecule has 4 aromatic rings. The van der Waals surface area contributed by atoms with Crippen LogP contribution in [0.2, 0.25) is 0 Å². The van der Waals surface area contributed by atoms with Crippen molar-refractivity contribution in [3.8, 4) is 29.1 Å². The number of halogens is 1. The van der Waals surface area contributed by atoms with Gasteiger partial charge in [-0.1, -0.05) is 17.8 Å². The number of ether oxygens (including phenoxy) is 1. The number of aromatic nitrogens is 3. The van der Waals surface area contributed by atoms with Crippen LogP contribution in [0, 0.1) is 35.4 Å². The van der Waals surface area contributed by atoms with Crippen molar-refractivity contribution in [2.24, 2.45) is 0 Å². The predicted octanol–water partition coefficient (Wildman–Crippen LogP) is 4.78. The van der Waals surface area contributed by atoms with E-state index in [1.54, 1.807) is 31.2 Å². The number of nitriles is 2. The Morgan fingerprint density at radius 2 is 2.00 bits per heavy atom. The van der Waals surface area contributed by atoms with Crippen LogP contribution in [-0.2, 0) is 5.75 Å². The minimum absolute atomic E-state index is 0.00152. The van der Waals surface area contributed by atoms with Crippen molar-refractivity contribution in [1.29, 1.82) is 10.5 Å². The second-order valence-electron chi connectivity index (χ2n) is 7.63. The lowest BCUT2D eigenvalue weighted by atomic mass is 9.98. The quantitative estimate of drug-likeness (QED) is 0.256. The van der Waals surface area contributed by atoms with Crippen molar-refractivity contribution in [2.75, 3.05) is 24.3 Å². The number of hydrogen-bond acceptors (Lipinski definition) is 11. The molecular weight excluding hydrogens is 513 g/mol. The smallest absolute Gasteiger partial charge is 0.213 e. The molecule has 1 aromatic carbocycles. The molecule has 4 N–H and O–H groups in total. The predicted molar refractivity (Wildman–Crippen MR) is 140 cm³/mol. The number of benzene rings is 1. The number of nitrogens with zero attached hydrogens (tertiary/aromatic N) is 5. The second kappa shape index (κ2) is 11.7. The molecule has 3 aromatic heterocycles. The Morgan fingerprint density at radius 1 is 1.19 bits per heavy atom. The molecule has 0 saturated carbocycles. The number of thioether (sulfide) groups is 1. The lowest BCUT2D eigenvalue weighted by Crippen LogP contribution is -2.05. The van der Waals surface area contributed by atoms with Crippen LogP contribution in [0.15, 0.2) is 46.9 Å². The summed E-state index contributed by atoms with van der Waals surface area (Å²) in [6.07, 6.45) is 1.48. The molecule has 9 nitrogen and oxygen atoms in total. The molecule has 0 aliphatic carbocycles. The van der Waals surface area contributed by atoms with Crippen LogP contribution in [-0.4, -0.2) is 33.3 Å². The molecule has 0 bridgehead atoms. The Balaban J connectivity index is 1.57. The zero-order valence-corrected chi connectivity index (χ0v) is 21.2. The fourth-order valence-electron chi connectivity index (χ4n) is 3.32. The van der Waals surface area contributed by atoms with E-state index in [9.17, 15) is 14.9 Å². The van der Waals surface area contributed by atoms with Crippen LogP contribution in [0.25, 0.3) is 11.1 Å². The second-order valence-corrected chi connectivity index (χ2v) is 9.45. The highest BCUT2D eigenvalue weighted by molar-refractivity contribution is 7.98. The highest BCUT2D eigenvalue weighted by Gasteiger charge is 2.21. The molecule has 37 heavy (non-hydrogen) atoms. The van der Waals surface area contributed by atoms with Crippen molar-refractivity contribution in [3.05, 3.63) is 70.1 Å². The highest BCUT2D eigenvalue weighted by Crippen LogP contribution is 2.37. The first-order chi connectivity index (χ1) is 17.9. The first-order valence-corrected chi connectivity index (χ1v) is 12.7. The van der Waals surface area contributed by atoms with Crippen LogP contribution < -0.4 is 15.8 Å². The summed E-state index contributed by atoms with van der Waals surface area (Å²) in [6.45, 7) is 1.64. The van der Waals surface area contributed by atoms with Crippen molar-refractivity contribution in [2.45, 2.75) is 17.7 Å². The standard InChI is InChI=1S/C25H20FN7O2S2/c1-14-2-4-16(8-20(14)26)31-25-32-17(13-37-25)12-36-24-19(10-28)22(18(9-27)23(29)33-24)15-3-5-21(30-11-15)35-7-6-34/h2-5,8,11,13,34H,6-7,12H2,1H3,(H2,29,33)(H,31,32). The van der Waals surface area contributed by atoms with Gasteiger partial charge in [-0.15, -0.1) is 11.3 Å². The molecule has 0 fully saturated rings. The molecule has 0 unspecified atom stereocenters. The minimum Gasteiger partial charge on any atom is -0.475 e. The van der Waals surface area contributed by atoms with E-state index >= 15 is 0 Å². The number of nitrogen functional groups attached to an aromatic ring is 1. The largest absolute Gasteiger partial charge is 0.475 e. The summed E-state index contributed by atoms with van der Waals surface area (Å²) < 4.78 is 19.1. The van der Waals surface area contributed by atoms with Gasteiger partial charge in [0.05, 0.1) is 17.9 Å². The normalized spacial score (nSPS) is 10.5. The number of hydrogen-bond donors (Lipinski definition) is 3. The van der Waals surface area contributed by atoms with Crippen molar-refractivity contribution < 1.29 is 14.2 Å². The number of thiazole rings is 1. The maximum Gasteiger partial charge on any atom is 0.213 e. The molecule has 0 radical (unpaired) electrons. The van der Waals surface area contributed by atoms with Gasteiger partial charge in [-0.2, -0.15) is 10.5 Å². The average Bonchev–Trinajstić information content (AvgIpc) is 3.35. The van der Waals surface area contributed by atoms with Gasteiger partial charge < -0.3 is 20.9 Å². The maximum atomic E-state index is 13.8. The fraction of sp³-hybridized carbons (Fsp3) is 0.160. The molecule has 12 heteroatoms. The van der Waals surface area contributed by atoms with Gasteiger partial charge in [-0.05, 0) is 30.7 Å². The number of nitrogens with two attached hydrogens (primary N) is 1. The Labute approximate surface area is 220 Å². The summed E-state index contributed by atoms with van der Waals surface area (Å²) in [5.74, 6) is 0.387. The van der Waals surface area contributed by atoms with E-state index in [-0.39, 0.29) is 36.0 Å². The van der Waals surface area contributed by atoms with Crippen molar-refractivity contribution >= 4 is 39.7 Å².